The Bertz CT molecular complexity index is 971. The average molecular weight is 453 g/mol. The molecule has 0 radical (unpaired) electrons. The number of nitrogens with one attached hydrogen (secondary N) is 1. The number of sulfonamides is 1. The van der Waals surface area contributed by atoms with Gasteiger partial charge in [-0.3, -0.25) is 4.79 Å². The van der Waals surface area contributed by atoms with Crippen LogP contribution in [-0.4, -0.2) is 38.8 Å². The van der Waals surface area contributed by atoms with Gasteiger partial charge in [-0.15, -0.1) is 0 Å². The molecule has 0 saturated heterocycles. The largest absolute Gasteiger partial charge is 0.495 e. The van der Waals surface area contributed by atoms with Gasteiger partial charge in [-0.2, -0.15) is 4.31 Å². The van der Waals surface area contributed by atoms with Gasteiger partial charge in [0.2, 0.25) is 15.9 Å². The zero-order valence-electron chi connectivity index (χ0n) is 18.0. The summed E-state index contributed by atoms with van der Waals surface area (Å²) in [5, 5.41) is 3.46. The minimum absolute atomic E-state index is 0.0137. The van der Waals surface area contributed by atoms with E-state index in [-0.39, 0.29) is 16.7 Å². The summed E-state index contributed by atoms with van der Waals surface area (Å²) in [6.07, 6.45) is 0. The third-order valence-corrected chi connectivity index (χ3v) is 7.25. The quantitative estimate of drug-likeness (QED) is 0.595. The van der Waals surface area contributed by atoms with Crippen LogP contribution in [0.15, 0.2) is 47.4 Å². The van der Waals surface area contributed by atoms with Gasteiger partial charge in [0, 0.05) is 18.1 Å². The number of amides is 1. The minimum atomic E-state index is -3.67. The molecule has 30 heavy (non-hydrogen) atoms. The fourth-order valence-electron chi connectivity index (χ4n) is 3.38. The first-order valence-electron chi connectivity index (χ1n) is 9.90. The van der Waals surface area contributed by atoms with Crippen LogP contribution in [0.1, 0.15) is 39.2 Å². The van der Waals surface area contributed by atoms with E-state index in [9.17, 15) is 13.2 Å². The van der Waals surface area contributed by atoms with Gasteiger partial charge in [0.1, 0.15) is 5.75 Å². The van der Waals surface area contributed by atoms with Crippen molar-refractivity contribution in [2.45, 2.75) is 38.5 Å². The van der Waals surface area contributed by atoms with Crippen molar-refractivity contribution in [3.8, 4) is 5.75 Å². The van der Waals surface area contributed by atoms with Crippen LogP contribution in [0.2, 0.25) is 5.02 Å². The van der Waals surface area contributed by atoms with Crippen LogP contribution in [0.4, 0.5) is 5.69 Å². The van der Waals surface area contributed by atoms with Crippen molar-refractivity contribution in [1.82, 2.24) is 4.31 Å². The number of carbonyl (C=O) groups excluding carboxylic acids is 1. The molecule has 2 rings (SSSR count). The number of benzene rings is 2. The average Bonchev–Trinajstić information content (AvgIpc) is 2.70. The third-order valence-electron chi connectivity index (χ3n) is 4.95. The highest BCUT2D eigenvalue weighted by Gasteiger charge is 2.27. The first kappa shape index (κ1) is 24.2. The van der Waals surface area contributed by atoms with Crippen LogP contribution in [0.3, 0.4) is 0 Å². The van der Waals surface area contributed by atoms with Gasteiger partial charge in [-0.25, -0.2) is 8.42 Å². The van der Waals surface area contributed by atoms with Gasteiger partial charge in [0.15, 0.2) is 0 Å². The summed E-state index contributed by atoms with van der Waals surface area (Å²) in [6.45, 7) is 8.20. The molecule has 1 amide bonds. The van der Waals surface area contributed by atoms with Gasteiger partial charge >= 0.3 is 0 Å². The maximum atomic E-state index is 13.2. The monoisotopic (exact) mass is 452 g/mol. The van der Waals surface area contributed by atoms with Gasteiger partial charge < -0.3 is 10.1 Å². The smallest absolute Gasteiger partial charge is 0.243 e. The van der Waals surface area contributed by atoms with E-state index in [2.05, 4.69) is 5.32 Å². The maximum absolute atomic E-state index is 13.2. The summed E-state index contributed by atoms with van der Waals surface area (Å²) in [4.78, 5) is 13.3. The Hall–Kier alpha value is -2.09. The van der Waals surface area contributed by atoms with E-state index in [4.69, 9.17) is 16.3 Å². The van der Waals surface area contributed by atoms with Crippen molar-refractivity contribution in [2.75, 3.05) is 25.5 Å². The highest BCUT2D eigenvalue weighted by molar-refractivity contribution is 7.89. The van der Waals surface area contributed by atoms with Crippen LogP contribution < -0.4 is 10.1 Å². The second kappa shape index (κ2) is 10.3. The molecule has 6 nitrogen and oxygen atoms in total. The van der Waals surface area contributed by atoms with Crippen molar-refractivity contribution in [2.24, 2.45) is 5.92 Å². The number of methoxy groups -OCH3 is 1. The molecule has 1 N–H and O–H groups in total. The minimum Gasteiger partial charge on any atom is -0.495 e. The fraction of sp³-hybridized carbons (Fsp3) is 0.409. The lowest BCUT2D eigenvalue weighted by molar-refractivity contribution is -0.118. The Labute approximate surface area is 184 Å². The first-order valence-corrected chi connectivity index (χ1v) is 11.7. The Morgan fingerprint density at radius 2 is 1.70 bits per heavy atom. The summed E-state index contributed by atoms with van der Waals surface area (Å²) in [5.41, 5.74) is 1.15. The Balaban J connectivity index is 2.42. The van der Waals surface area contributed by atoms with E-state index in [1.807, 2.05) is 26.0 Å². The second-order valence-corrected chi connectivity index (χ2v) is 9.59. The zero-order valence-corrected chi connectivity index (χ0v) is 19.5. The highest BCUT2D eigenvalue weighted by Crippen LogP contribution is 2.32. The number of anilines is 1. The van der Waals surface area contributed by atoms with E-state index >= 15 is 0 Å². The van der Waals surface area contributed by atoms with Crippen molar-refractivity contribution in [3.63, 3.8) is 0 Å². The van der Waals surface area contributed by atoms with Crippen LogP contribution in [0.5, 0.6) is 5.75 Å². The Morgan fingerprint density at radius 3 is 2.20 bits per heavy atom. The number of halogens is 1. The predicted octanol–water partition coefficient (Wildman–Crippen LogP) is 4.76. The summed E-state index contributed by atoms with van der Waals surface area (Å²) in [7, 11) is -2.19. The van der Waals surface area contributed by atoms with E-state index < -0.39 is 15.9 Å². The predicted molar refractivity (Wildman–Crippen MR) is 121 cm³/mol. The van der Waals surface area contributed by atoms with Gasteiger partial charge in [0.05, 0.1) is 23.6 Å². The third kappa shape index (κ3) is 5.33. The molecular weight excluding hydrogens is 424 g/mol. The number of hydrogen-bond donors (Lipinski definition) is 1. The standard InChI is InChI=1S/C22H29ClN2O4S/c1-6-25(7-2)30(27,28)18-12-13-20(29-5)19(14-18)24-22(26)21(15(3)4)16-8-10-17(23)11-9-16/h8-15,21H,6-7H2,1-5H3,(H,24,26). The number of hydrogen-bond acceptors (Lipinski definition) is 4. The van der Waals surface area contributed by atoms with Gasteiger partial charge in [-0.05, 0) is 41.8 Å². The second-order valence-electron chi connectivity index (χ2n) is 7.21. The molecule has 0 aliphatic rings. The molecule has 0 heterocycles. The van der Waals surface area contributed by atoms with Crippen molar-refractivity contribution < 1.29 is 17.9 Å². The van der Waals surface area contributed by atoms with E-state index in [0.717, 1.165) is 5.56 Å². The van der Waals surface area contributed by atoms with E-state index in [1.165, 1.54) is 23.5 Å². The van der Waals surface area contributed by atoms with Crippen molar-refractivity contribution in [1.29, 1.82) is 0 Å². The molecule has 0 aliphatic carbocycles. The lowest BCUT2D eigenvalue weighted by Crippen LogP contribution is -2.30. The summed E-state index contributed by atoms with van der Waals surface area (Å²) in [5.74, 6) is -0.279. The molecule has 0 bridgehead atoms. The van der Waals surface area contributed by atoms with Crippen LogP contribution in [-0.2, 0) is 14.8 Å². The van der Waals surface area contributed by atoms with Gasteiger partial charge in [-0.1, -0.05) is 51.4 Å². The molecular formula is C22H29ClN2O4S. The van der Waals surface area contributed by atoms with Crippen LogP contribution in [0, 0.1) is 5.92 Å². The molecule has 1 unspecified atom stereocenters. The number of rotatable bonds is 9. The lowest BCUT2D eigenvalue weighted by atomic mass is 9.87. The molecule has 164 valence electrons. The Morgan fingerprint density at radius 1 is 1.10 bits per heavy atom. The summed E-state index contributed by atoms with van der Waals surface area (Å²) in [6, 6.07) is 11.6. The molecule has 0 saturated carbocycles. The van der Waals surface area contributed by atoms with Crippen molar-refractivity contribution >= 4 is 33.2 Å². The lowest BCUT2D eigenvalue weighted by Gasteiger charge is -2.23. The number of ether oxygens (including phenoxy) is 1. The topological polar surface area (TPSA) is 75.7 Å². The summed E-state index contributed by atoms with van der Waals surface area (Å²) < 4.78 is 32.5. The summed E-state index contributed by atoms with van der Waals surface area (Å²) >= 11 is 5.98. The number of carbonyl (C=O) groups is 1. The number of nitrogens with zero attached hydrogens (tertiary/aromatic N) is 1. The molecule has 1 atom stereocenters. The van der Waals surface area contributed by atoms with E-state index in [0.29, 0.717) is 29.5 Å². The Kier molecular flexibility index (Phi) is 8.29. The van der Waals surface area contributed by atoms with Gasteiger partial charge in [0.25, 0.3) is 0 Å². The van der Waals surface area contributed by atoms with E-state index in [1.54, 1.807) is 32.0 Å². The molecule has 0 fully saturated rings. The van der Waals surface area contributed by atoms with Crippen molar-refractivity contribution in [3.05, 3.63) is 53.1 Å². The molecule has 0 aliphatic heterocycles. The molecule has 2 aromatic carbocycles. The highest BCUT2D eigenvalue weighted by atomic mass is 35.5. The zero-order chi connectivity index (χ0) is 22.5. The molecule has 8 heteroatoms. The fourth-order valence-corrected chi connectivity index (χ4v) is 4.99. The maximum Gasteiger partial charge on any atom is 0.243 e. The van der Waals surface area contributed by atoms with Crippen LogP contribution >= 0.6 is 11.6 Å². The SMILES string of the molecule is CCN(CC)S(=O)(=O)c1ccc(OC)c(NC(=O)C(c2ccc(Cl)cc2)C(C)C)c1. The normalized spacial score (nSPS) is 12.8. The molecule has 0 aromatic heterocycles. The first-order chi connectivity index (χ1) is 14.1. The van der Waals surface area contributed by atoms with Crippen LogP contribution in [0.25, 0.3) is 0 Å². The molecule has 2 aromatic rings. The molecule has 0 spiro atoms.